The van der Waals surface area contributed by atoms with Gasteiger partial charge in [-0.15, -0.1) is 16.3 Å². The van der Waals surface area contributed by atoms with Crippen LogP contribution in [0.25, 0.3) is 0 Å². The highest BCUT2D eigenvalue weighted by Crippen LogP contribution is 2.30. The van der Waals surface area contributed by atoms with Gasteiger partial charge in [0, 0.05) is 18.0 Å². The maximum Gasteiger partial charge on any atom is 0.233 e. The van der Waals surface area contributed by atoms with Gasteiger partial charge in [-0.1, -0.05) is 23.2 Å². The van der Waals surface area contributed by atoms with Crippen molar-refractivity contribution in [1.29, 1.82) is 5.26 Å². The molecule has 4 heterocycles. The first-order valence-corrected chi connectivity index (χ1v) is 12.1. The molecule has 0 saturated carbocycles. The van der Waals surface area contributed by atoms with Crippen LogP contribution in [0.1, 0.15) is 17.7 Å². The third-order valence-electron chi connectivity index (χ3n) is 5.83. The van der Waals surface area contributed by atoms with Crippen LogP contribution in [0.5, 0.6) is 5.75 Å². The fourth-order valence-electron chi connectivity index (χ4n) is 4.24. The lowest BCUT2D eigenvalue weighted by Crippen LogP contribution is -2.59. The number of carbonyl (C=O) groups is 1. The molecule has 1 aromatic carbocycles. The Labute approximate surface area is 205 Å². The van der Waals surface area contributed by atoms with Crippen molar-refractivity contribution in [3.8, 4) is 11.9 Å². The number of hydrogen-bond acceptors (Lipinski definition) is 6. The van der Waals surface area contributed by atoms with Crippen LogP contribution in [0.2, 0.25) is 9.36 Å². The van der Waals surface area contributed by atoms with Gasteiger partial charge < -0.3 is 14.5 Å². The van der Waals surface area contributed by atoms with E-state index in [-0.39, 0.29) is 18.1 Å². The predicted octanol–water partition coefficient (Wildman–Crippen LogP) is 3.67. The summed E-state index contributed by atoms with van der Waals surface area (Å²) >= 11 is 13.5. The van der Waals surface area contributed by atoms with Gasteiger partial charge in [-0.25, -0.2) is 5.01 Å². The van der Waals surface area contributed by atoms with E-state index in [9.17, 15) is 10.1 Å². The second-order valence-electron chi connectivity index (χ2n) is 7.99. The summed E-state index contributed by atoms with van der Waals surface area (Å²) in [6, 6.07) is 10.8. The molecule has 5 rings (SSSR count). The SMILES string of the molecule is N#CN=C(N1CC(Oc2ccc(Cl)cc2)C1)N1CC(N2CCCC2=O)C(c2ccc(Cl)s2)=N1. The minimum atomic E-state index is -0.207. The number of benzene rings is 1. The second-order valence-corrected chi connectivity index (χ2v) is 10.1. The van der Waals surface area contributed by atoms with E-state index in [2.05, 4.69) is 4.99 Å². The fourth-order valence-corrected chi connectivity index (χ4v) is 5.44. The third kappa shape index (κ3) is 4.51. The molecule has 1 atom stereocenters. The van der Waals surface area contributed by atoms with Crippen LogP contribution in [-0.2, 0) is 4.79 Å². The highest BCUT2D eigenvalue weighted by molar-refractivity contribution is 7.18. The molecule has 0 radical (unpaired) electrons. The standard InChI is InChI=1S/C22H20Cl2N6O2S/c23-14-3-5-15(6-4-14)32-16-10-28(11-16)22(26-13-25)30-12-17(29-9-1-2-20(29)31)21(27-30)18-7-8-19(24)33-18/h3-8,16-17H,1-2,9-12H2. The number of hydrazone groups is 1. The highest BCUT2D eigenvalue weighted by Gasteiger charge is 2.42. The summed E-state index contributed by atoms with van der Waals surface area (Å²) in [6.07, 6.45) is 3.24. The Morgan fingerprint density at radius 3 is 2.61 bits per heavy atom. The number of nitriles is 1. The number of ether oxygens (including phenoxy) is 1. The molecule has 1 aromatic heterocycles. The van der Waals surface area contributed by atoms with Crippen LogP contribution < -0.4 is 4.74 Å². The summed E-state index contributed by atoms with van der Waals surface area (Å²) < 4.78 is 6.64. The number of halogens is 2. The summed E-state index contributed by atoms with van der Waals surface area (Å²) in [6.45, 7) is 2.28. The van der Waals surface area contributed by atoms with Gasteiger partial charge in [0.15, 0.2) is 0 Å². The zero-order valence-electron chi connectivity index (χ0n) is 17.5. The van der Waals surface area contributed by atoms with Crippen LogP contribution in [-0.4, -0.2) is 70.7 Å². The quantitative estimate of drug-likeness (QED) is 0.361. The summed E-state index contributed by atoms with van der Waals surface area (Å²) in [4.78, 5) is 21.3. The number of likely N-dealkylation sites (tertiary alicyclic amines) is 2. The van der Waals surface area contributed by atoms with Crippen LogP contribution in [0.15, 0.2) is 46.5 Å². The maximum atomic E-state index is 12.5. The van der Waals surface area contributed by atoms with Crippen molar-refractivity contribution in [3.63, 3.8) is 0 Å². The molecule has 3 aliphatic rings. The number of amides is 1. The van der Waals surface area contributed by atoms with E-state index < -0.39 is 0 Å². The van der Waals surface area contributed by atoms with Gasteiger partial charge in [0.1, 0.15) is 17.6 Å². The molecule has 0 bridgehead atoms. The molecule has 0 spiro atoms. The molecule has 33 heavy (non-hydrogen) atoms. The summed E-state index contributed by atoms with van der Waals surface area (Å²) in [5.74, 6) is 1.32. The molecule has 8 nitrogen and oxygen atoms in total. The van der Waals surface area contributed by atoms with Gasteiger partial charge in [0.25, 0.3) is 0 Å². The van der Waals surface area contributed by atoms with Crippen LogP contribution in [0.3, 0.4) is 0 Å². The lowest BCUT2D eigenvalue weighted by Gasteiger charge is -2.42. The van der Waals surface area contributed by atoms with E-state index in [1.807, 2.05) is 40.3 Å². The van der Waals surface area contributed by atoms with E-state index in [4.69, 9.17) is 33.0 Å². The first-order valence-electron chi connectivity index (χ1n) is 10.6. The molecule has 2 aromatic rings. The molecule has 1 unspecified atom stereocenters. The normalized spacial score (nSPS) is 21.3. The zero-order valence-corrected chi connectivity index (χ0v) is 19.9. The molecule has 1 amide bonds. The molecule has 3 aliphatic heterocycles. The van der Waals surface area contributed by atoms with Crippen molar-refractivity contribution < 1.29 is 9.53 Å². The Morgan fingerprint density at radius 1 is 1.18 bits per heavy atom. The van der Waals surface area contributed by atoms with Gasteiger partial charge in [-0.05, 0) is 42.8 Å². The third-order valence-corrected chi connectivity index (χ3v) is 7.34. The van der Waals surface area contributed by atoms with Gasteiger partial charge in [0.05, 0.1) is 34.9 Å². The van der Waals surface area contributed by atoms with Crippen LogP contribution >= 0.6 is 34.5 Å². The molecule has 0 N–H and O–H groups in total. The van der Waals surface area contributed by atoms with Crippen LogP contribution in [0.4, 0.5) is 0 Å². The lowest BCUT2D eigenvalue weighted by molar-refractivity contribution is -0.128. The van der Waals surface area contributed by atoms with Crippen molar-refractivity contribution in [3.05, 3.63) is 50.6 Å². The molecule has 2 fully saturated rings. The van der Waals surface area contributed by atoms with Gasteiger partial charge >= 0.3 is 0 Å². The van der Waals surface area contributed by atoms with Crippen molar-refractivity contribution in [2.24, 2.45) is 10.1 Å². The van der Waals surface area contributed by atoms with E-state index in [1.54, 1.807) is 17.1 Å². The Bertz CT molecular complexity index is 1150. The predicted molar refractivity (Wildman–Crippen MR) is 128 cm³/mol. The number of guanidine groups is 1. The Hall–Kier alpha value is -2.80. The summed E-state index contributed by atoms with van der Waals surface area (Å²) in [5.41, 5.74) is 0.780. The highest BCUT2D eigenvalue weighted by atomic mass is 35.5. The van der Waals surface area contributed by atoms with E-state index in [0.29, 0.717) is 47.9 Å². The first-order chi connectivity index (χ1) is 16.0. The van der Waals surface area contributed by atoms with Crippen molar-refractivity contribution >= 4 is 52.1 Å². The second kappa shape index (κ2) is 9.21. The minimum absolute atomic E-state index is 0.0341. The van der Waals surface area contributed by atoms with Crippen LogP contribution in [0, 0.1) is 11.5 Å². The number of rotatable bonds is 4. The van der Waals surface area contributed by atoms with E-state index in [1.165, 1.54) is 11.3 Å². The maximum absolute atomic E-state index is 12.5. The number of thiophene rings is 1. The fraction of sp³-hybridized carbons (Fsp3) is 0.364. The monoisotopic (exact) mass is 502 g/mol. The largest absolute Gasteiger partial charge is 0.487 e. The van der Waals surface area contributed by atoms with E-state index in [0.717, 1.165) is 22.8 Å². The smallest absolute Gasteiger partial charge is 0.233 e. The van der Waals surface area contributed by atoms with E-state index >= 15 is 0 Å². The molecule has 170 valence electrons. The Kier molecular flexibility index (Phi) is 6.15. The number of nitrogens with zero attached hydrogens (tertiary/aromatic N) is 6. The number of carbonyl (C=O) groups excluding carboxylic acids is 1. The zero-order chi connectivity index (χ0) is 22.9. The van der Waals surface area contributed by atoms with Crippen molar-refractivity contribution in [1.82, 2.24) is 14.8 Å². The summed E-state index contributed by atoms with van der Waals surface area (Å²) in [7, 11) is 0. The number of aliphatic imine (C=N–C) groups is 1. The van der Waals surface area contributed by atoms with Gasteiger partial charge in [0.2, 0.25) is 18.1 Å². The molecule has 11 heteroatoms. The van der Waals surface area contributed by atoms with Gasteiger partial charge in [-0.2, -0.15) is 10.4 Å². The average Bonchev–Trinajstić information content (AvgIpc) is 3.50. The first kappa shape index (κ1) is 22.0. The Balaban J connectivity index is 1.33. The van der Waals surface area contributed by atoms with Crippen molar-refractivity contribution in [2.75, 3.05) is 26.2 Å². The molecular formula is C22H20Cl2N6O2S. The topological polar surface area (TPSA) is 84.5 Å². The Morgan fingerprint density at radius 2 is 1.97 bits per heavy atom. The average molecular weight is 503 g/mol. The number of hydrogen-bond donors (Lipinski definition) is 0. The molecule has 2 saturated heterocycles. The minimum Gasteiger partial charge on any atom is -0.487 e. The van der Waals surface area contributed by atoms with Gasteiger partial charge in [-0.3, -0.25) is 4.79 Å². The molecule has 0 aliphatic carbocycles. The summed E-state index contributed by atoms with van der Waals surface area (Å²) in [5, 5.41) is 16.5. The lowest BCUT2D eigenvalue weighted by atomic mass is 10.1. The molecular weight excluding hydrogens is 483 g/mol. The van der Waals surface area contributed by atoms with Crippen molar-refractivity contribution in [2.45, 2.75) is 25.0 Å².